The van der Waals surface area contributed by atoms with Gasteiger partial charge in [0, 0.05) is 6.42 Å². The van der Waals surface area contributed by atoms with Crippen LogP contribution in [0.3, 0.4) is 0 Å². The summed E-state index contributed by atoms with van der Waals surface area (Å²) in [5.74, 6) is -2.77. The first-order valence-corrected chi connectivity index (χ1v) is 19.7. The summed E-state index contributed by atoms with van der Waals surface area (Å²) in [5.41, 5.74) is -2.26. The molecule has 0 saturated heterocycles. The lowest BCUT2D eigenvalue weighted by Gasteiger charge is -2.24. The Labute approximate surface area is 303 Å². The molecule has 0 saturated carbocycles. The molecule has 11 heteroatoms. The van der Waals surface area contributed by atoms with Crippen LogP contribution < -0.4 is 0 Å². The first-order valence-electron chi connectivity index (χ1n) is 19.7. The molecule has 0 spiro atoms. The Bertz CT molecular complexity index is 794. The maximum atomic E-state index is 12.2. The largest absolute Gasteiger partial charge is 0.466 e. The van der Waals surface area contributed by atoms with Crippen LogP contribution in [0.25, 0.3) is 0 Å². The molecule has 0 bridgehead atoms. The zero-order valence-electron chi connectivity index (χ0n) is 32.2. The predicted octanol–water partition coefficient (Wildman–Crippen LogP) is 7.67. The van der Waals surface area contributed by atoms with Crippen molar-refractivity contribution in [3.63, 3.8) is 0 Å². The summed E-state index contributed by atoms with van der Waals surface area (Å²) in [6.45, 7) is 8.14. The van der Waals surface area contributed by atoms with Crippen molar-refractivity contribution in [2.24, 2.45) is 0 Å². The average Bonchev–Trinajstić information content (AvgIpc) is 3.09. The summed E-state index contributed by atoms with van der Waals surface area (Å²) in [6, 6.07) is 0. The van der Waals surface area contributed by atoms with Crippen LogP contribution in [0.5, 0.6) is 0 Å². The molecule has 0 aliphatic heterocycles. The molecular formula is C39H74O11. The van der Waals surface area contributed by atoms with E-state index in [2.05, 4.69) is 6.92 Å². The number of aliphatic hydroxyl groups excluding tert-OH is 2. The van der Waals surface area contributed by atoms with Crippen molar-refractivity contribution in [1.82, 2.24) is 0 Å². The van der Waals surface area contributed by atoms with E-state index in [1.165, 1.54) is 83.5 Å². The Morgan fingerprint density at radius 1 is 0.500 bits per heavy atom. The van der Waals surface area contributed by atoms with E-state index >= 15 is 0 Å². The SMILES string of the molecule is CCCCCCCCCCCCCCCCCC(=O)OCC(O)CO.CCCCOC(=O)CC(O)(CC(=O)OCCCC)C(=O)OCCCC. The van der Waals surface area contributed by atoms with Crippen molar-refractivity contribution in [1.29, 1.82) is 0 Å². The Morgan fingerprint density at radius 3 is 1.24 bits per heavy atom. The highest BCUT2D eigenvalue weighted by Gasteiger charge is 2.43. The summed E-state index contributed by atoms with van der Waals surface area (Å²) in [7, 11) is 0. The van der Waals surface area contributed by atoms with Crippen molar-refractivity contribution >= 4 is 23.9 Å². The number of aliphatic hydroxyl groups is 3. The van der Waals surface area contributed by atoms with Crippen molar-refractivity contribution in [3.05, 3.63) is 0 Å². The van der Waals surface area contributed by atoms with E-state index in [-0.39, 0.29) is 39.0 Å². The van der Waals surface area contributed by atoms with Crippen LogP contribution in [-0.4, -0.2) is 83.9 Å². The lowest BCUT2D eigenvalue weighted by molar-refractivity contribution is -0.178. The summed E-state index contributed by atoms with van der Waals surface area (Å²) in [5, 5.41) is 28.3. The molecule has 0 amide bonds. The first kappa shape index (κ1) is 49.9. The molecular weight excluding hydrogens is 644 g/mol. The van der Waals surface area contributed by atoms with Crippen LogP contribution in [0.2, 0.25) is 0 Å². The molecule has 0 rings (SSSR count). The topological polar surface area (TPSA) is 166 Å². The predicted molar refractivity (Wildman–Crippen MR) is 195 cm³/mol. The average molecular weight is 719 g/mol. The van der Waals surface area contributed by atoms with Gasteiger partial charge >= 0.3 is 23.9 Å². The second kappa shape index (κ2) is 36.5. The second-order valence-corrected chi connectivity index (χ2v) is 13.2. The maximum Gasteiger partial charge on any atom is 0.339 e. The smallest absolute Gasteiger partial charge is 0.339 e. The minimum Gasteiger partial charge on any atom is -0.466 e. The fourth-order valence-electron chi connectivity index (χ4n) is 4.85. The number of hydrogen-bond donors (Lipinski definition) is 3. The third kappa shape index (κ3) is 32.9. The van der Waals surface area contributed by atoms with Crippen LogP contribution in [0, 0.1) is 0 Å². The second-order valence-electron chi connectivity index (χ2n) is 13.2. The molecule has 0 heterocycles. The van der Waals surface area contributed by atoms with Crippen molar-refractivity contribution in [2.45, 2.75) is 193 Å². The van der Waals surface area contributed by atoms with Gasteiger partial charge in [-0.2, -0.15) is 0 Å². The summed E-state index contributed by atoms with van der Waals surface area (Å²) in [4.78, 5) is 47.3. The lowest BCUT2D eigenvalue weighted by atomic mass is 9.95. The Morgan fingerprint density at radius 2 is 0.860 bits per heavy atom. The number of unbranched alkanes of at least 4 members (excludes halogenated alkanes) is 17. The number of carbonyl (C=O) groups is 4. The normalized spacial score (nSPS) is 11.7. The van der Waals surface area contributed by atoms with E-state index in [0.717, 1.165) is 32.1 Å². The molecule has 0 aliphatic carbocycles. The third-order valence-corrected chi connectivity index (χ3v) is 8.14. The standard InChI is InChI=1S/C21H42O4.C18H32O7/c1-2-3-4-5-6-7-8-9-10-11-12-13-14-15-16-17-21(24)25-19-20(23)18-22;1-4-7-10-23-15(19)13-18(22,17(21)25-12-9-6-3)14-16(20)24-11-8-5-2/h20,22-23H,2-19H2,1H3;22H,4-14H2,1-3H3. The lowest BCUT2D eigenvalue weighted by Crippen LogP contribution is -2.45. The highest BCUT2D eigenvalue weighted by atomic mass is 16.6. The molecule has 3 N–H and O–H groups in total. The summed E-state index contributed by atoms with van der Waals surface area (Å²) in [6.07, 6.45) is 22.3. The van der Waals surface area contributed by atoms with E-state index in [4.69, 9.17) is 29.2 Å². The molecule has 0 aromatic rings. The van der Waals surface area contributed by atoms with Gasteiger partial charge in [0.1, 0.15) is 12.7 Å². The minimum atomic E-state index is -2.26. The number of carbonyl (C=O) groups excluding carboxylic acids is 4. The van der Waals surface area contributed by atoms with Crippen molar-refractivity contribution in [2.75, 3.05) is 33.0 Å². The van der Waals surface area contributed by atoms with E-state index < -0.39 is 42.5 Å². The van der Waals surface area contributed by atoms with Crippen molar-refractivity contribution in [3.8, 4) is 0 Å². The fourth-order valence-corrected chi connectivity index (χ4v) is 4.85. The van der Waals surface area contributed by atoms with Crippen LogP contribution in [0.15, 0.2) is 0 Å². The van der Waals surface area contributed by atoms with Crippen LogP contribution >= 0.6 is 0 Å². The summed E-state index contributed by atoms with van der Waals surface area (Å²) < 4.78 is 19.8. The molecule has 11 nitrogen and oxygen atoms in total. The zero-order valence-corrected chi connectivity index (χ0v) is 32.2. The molecule has 296 valence electrons. The van der Waals surface area contributed by atoms with Crippen LogP contribution in [0.1, 0.15) is 182 Å². The van der Waals surface area contributed by atoms with Gasteiger partial charge in [-0.05, 0) is 25.7 Å². The van der Waals surface area contributed by atoms with Gasteiger partial charge in [-0.25, -0.2) is 4.79 Å². The molecule has 0 aromatic heterocycles. The van der Waals surface area contributed by atoms with E-state index in [1.807, 2.05) is 20.8 Å². The third-order valence-electron chi connectivity index (χ3n) is 8.14. The van der Waals surface area contributed by atoms with Gasteiger partial charge in [0.2, 0.25) is 0 Å². The molecule has 0 aliphatic rings. The number of esters is 4. The highest BCUT2D eigenvalue weighted by molar-refractivity contribution is 5.90. The number of hydrogen-bond acceptors (Lipinski definition) is 11. The van der Waals surface area contributed by atoms with Crippen LogP contribution in [0.4, 0.5) is 0 Å². The van der Waals surface area contributed by atoms with Crippen LogP contribution in [-0.2, 0) is 38.1 Å². The molecule has 50 heavy (non-hydrogen) atoms. The quantitative estimate of drug-likeness (QED) is 0.0346. The van der Waals surface area contributed by atoms with E-state index in [9.17, 15) is 24.3 Å². The van der Waals surface area contributed by atoms with E-state index in [1.54, 1.807) is 0 Å². The number of ether oxygens (including phenoxy) is 4. The van der Waals surface area contributed by atoms with Gasteiger partial charge in [0.05, 0.1) is 39.3 Å². The van der Waals surface area contributed by atoms with Gasteiger partial charge in [-0.15, -0.1) is 0 Å². The number of rotatable bonds is 33. The van der Waals surface area contributed by atoms with Gasteiger partial charge in [0.15, 0.2) is 5.60 Å². The minimum absolute atomic E-state index is 0.103. The monoisotopic (exact) mass is 719 g/mol. The molecule has 0 radical (unpaired) electrons. The molecule has 1 atom stereocenters. The molecule has 1 unspecified atom stereocenters. The highest BCUT2D eigenvalue weighted by Crippen LogP contribution is 2.20. The summed E-state index contributed by atoms with van der Waals surface area (Å²) >= 11 is 0. The molecule has 0 aromatic carbocycles. The zero-order chi connectivity index (χ0) is 37.7. The Hall–Kier alpha value is -2.24. The maximum absolute atomic E-state index is 12.2. The van der Waals surface area contributed by atoms with Gasteiger partial charge in [0.25, 0.3) is 0 Å². The molecule has 0 fully saturated rings. The van der Waals surface area contributed by atoms with Gasteiger partial charge in [-0.3, -0.25) is 14.4 Å². The Kier molecular flexibility index (Phi) is 36.5. The van der Waals surface area contributed by atoms with Crippen molar-refractivity contribution < 1.29 is 53.4 Å². The fraction of sp³-hybridized carbons (Fsp3) is 0.897. The van der Waals surface area contributed by atoms with Gasteiger partial charge < -0.3 is 34.3 Å². The van der Waals surface area contributed by atoms with E-state index in [0.29, 0.717) is 25.7 Å². The Balaban J connectivity index is 0. The van der Waals surface area contributed by atoms with Gasteiger partial charge in [-0.1, -0.05) is 137 Å². The first-order chi connectivity index (χ1) is 24.1.